The van der Waals surface area contributed by atoms with Crippen LogP contribution in [0.25, 0.3) is 0 Å². The second-order valence-electron chi connectivity index (χ2n) is 5.41. The third-order valence-electron chi connectivity index (χ3n) is 3.99. The predicted octanol–water partition coefficient (Wildman–Crippen LogP) is 2.95. The summed E-state index contributed by atoms with van der Waals surface area (Å²) in [6, 6.07) is 5.14. The maximum Gasteiger partial charge on any atom is 0.165 e. The second kappa shape index (κ2) is 3.98. The summed E-state index contributed by atoms with van der Waals surface area (Å²) in [6.07, 6.45) is 5.62. The number of halogens is 1. The topological polar surface area (TPSA) is 35.2 Å². The van der Waals surface area contributed by atoms with Gasteiger partial charge in [-0.15, -0.1) is 0 Å². The van der Waals surface area contributed by atoms with Crippen molar-refractivity contribution in [2.24, 2.45) is 11.7 Å². The van der Waals surface area contributed by atoms with Crippen molar-refractivity contribution < 1.29 is 9.13 Å². The molecule has 0 saturated heterocycles. The van der Waals surface area contributed by atoms with E-state index in [0.29, 0.717) is 18.3 Å². The van der Waals surface area contributed by atoms with Crippen molar-refractivity contribution in [1.29, 1.82) is 0 Å². The van der Waals surface area contributed by atoms with Gasteiger partial charge >= 0.3 is 0 Å². The minimum atomic E-state index is -0.279. The van der Waals surface area contributed by atoms with Crippen LogP contribution in [0, 0.1) is 11.7 Å². The molecule has 2 saturated carbocycles. The molecule has 0 radical (unpaired) electrons. The Balaban J connectivity index is 1.68. The molecular weight excluding hydrogens is 217 g/mol. The first-order valence-corrected chi connectivity index (χ1v) is 6.39. The first kappa shape index (κ1) is 11.0. The molecular formula is C14H18FNO. The molecule has 3 rings (SSSR count). The van der Waals surface area contributed by atoms with E-state index in [1.807, 2.05) is 6.07 Å². The van der Waals surface area contributed by atoms with E-state index in [1.54, 1.807) is 6.07 Å². The van der Waals surface area contributed by atoms with Crippen molar-refractivity contribution in [3.63, 3.8) is 0 Å². The molecule has 0 atom stereocenters. The van der Waals surface area contributed by atoms with Gasteiger partial charge in [0.05, 0.1) is 6.61 Å². The summed E-state index contributed by atoms with van der Waals surface area (Å²) in [5, 5.41) is 0. The average Bonchev–Trinajstić information content (AvgIpc) is 2.98. The molecule has 0 heterocycles. The van der Waals surface area contributed by atoms with Crippen LogP contribution in [0.4, 0.5) is 4.39 Å². The van der Waals surface area contributed by atoms with Crippen molar-refractivity contribution in [3.05, 3.63) is 29.6 Å². The van der Waals surface area contributed by atoms with E-state index in [2.05, 4.69) is 0 Å². The Morgan fingerprint density at radius 2 is 2.12 bits per heavy atom. The van der Waals surface area contributed by atoms with Crippen LogP contribution in [0.1, 0.15) is 37.7 Å². The Bertz CT molecular complexity index is 424. The zero-order valence-corrected chi connectivity index (χ0v) is 9.92. The SMILES string of the molecule is NC1(c2ccc(OCC3CCC3)c(F)c2)CC1. The fourth-order valence-electron chi connectivity index (χ4n) is 2.22. The minimum absolute atomic E-state index is 0.270. The van der Waals surface area contributed by atoms with Crippen LogP contribution in [-0.2, 0) is 5.54 Å². The molecule has 2 fully saturated rings. The van der Waals surface area contributed by atoms with Gasteiger partial charge in [-0.2, -0.15) is 0 Å². The summed E-state index contributed by atoms with van der Waals surface area (Å²) in [5.74, 6) is 0.710. The molecule has 1 aromatic carbocycles. The highest BCUT2D eigenvalue weighted by Gasteiger charge is 2.40. The average molecular weight is 235 g/mol. The summed E-state index contributed by atoms with van der Waals surface area (Å²) < 4.78 is 19.3. The highest BCUT2D eigenvalue weighted by molar-refractivity contribution is 5.36. The van der Waals surface area contributed by atoms with Gasteiger partial charge in [0.25, 0.3) is 0 Å². The fourth-order valence-corrected chi connectivity index (χ4v) is 2.22. The monoisotopic (exact) mass is 235 g/mol. The van der Waals surface area contributed by atoms with Crippen LogP contribution >= 0.6 is 0 Å². The molecule has 2 N–H and O–H groups in total. The molecule has 0 bridgehead atoms. The lowest BCUT2D eigenvalue weighted by molar-refractivity contribution is 0.175. The van der Waals surface area contributed by atoms with Crippen LogP contribution < -0.4 is 10.5 Å². The second-order valence-corrected chi connectivity index (χ2v) is 5.41. The van der Waals surface area contributed by atoms with Crippen molar-refractivity contribution >= 4 is 0 Å². The Morgan fingerprint density at radius 1 is 1.35 bits per heavy atom. The largest absolute Gasteiger partial charge is 0.490 e. The molecule has 1 aromatic rings. The number of hydrogen-bond acceptors (Lipinski definition) is 2. The number of ether oxygens (including phenoxy) is 1. The molecule has 92 valence electrons. The smallest absolute Gasteiger partial charge is 0.165 e. The van der Waals surface area contributed by atoms with E-state index in [4.69, 9.17) is 10.5 Å². The lowest BCUT2D eigenvalue weighted by Gasteiger charge is -2.25. The van der Waals surface area contributed by atoms with Crippen LogP contribution in [0.2, 0.25) is 0 Å². The third-order valence-corrected chi connectivity index (χ3v) is 3.99. The molecule has 3 heteroatoms. The van der Waals surface area contributed by atoms with Crippen LogP contribution in [-0.4, -0.2) is 6.61 Å². The normalized spacial score (nSPS) is 22.0. The maximum absolute atomic E-state index is 13.8. The molecule has 2 aliphatic carbocycles. The van der Waals surface area contributed by atoms with Gasteiger partial charge in [-0.1, -0.05) is 12.5 Å². The summed E-state index contributed by atoms with van der Waals surface area (Å²) >= 11 is 0. The summed E-state index contributed by atoms with van der Waals surface area (Å²) in [5.41, 5.74) is 6.66. The van der Waals surface area contributed by atoms with E-state index in [0.717, 1.165) is 18.4 Å². The first-order chi connectivity index (χ1) is 8.17. The molecule has 2 aliphatic rings. The zero-order chi connectivity index (χ0) is 11.9. The van der Waals surface area contributed by atoms with Gasteiger partial charge in [-0.05, 0) is 49.3 Å². The number of nitrogens with two attached hydrogens (primary N) is 1. The molecule has 0 aliphatic heterocycles. The van der Waals surface area contributed by atoms with Gasteiger partial charge in [0.1, 0.15) is 0 Å². The quantitative estimate of drug-likeness (QED) is 0.870. The van der Waals surface area contributed by atoms with Crippen molar-refractivity contribution in [1.82, 2.24) is 0 Å². The molecule has 0 amide bonds. The van der Waals surface area contributed by atoms with Gasteiger partial charge in [-0.3, -0.25) is 0 Å². The van der Waals surface area contributed by atoms with E-state index in [1.165, 1.54) is 25.3 Å². The number of rotatable bonds is 4. The standard InChI is InChI=1S/C14H18FNO/c15-12-8-11(14(16)6-7-14)4-5-13(12)17-9-10-2-1-3-10/h4-5,8,10H,1-3,6-7,9,16H2. The van der Waals surface area contributed by atoms with Gasteiger partial charge in [0.15, 0.2) is 11.6 Å². The van der Waals surface area contributed by atoms with E-state index in [-0.39, 0.29) is 11.4 Å². The first-order valence-electron chi connectivity index (χ1n) is 6.39. The zero-order valence-electron chi connectivity index (χ0n) is 9.92. The van der Waals surface area contributed by atoms with E-state index < -0.39 is 0 Å². The van der Waals surface area contributed by atoms with Crippen LogP contribution in [0.15, 0.2) is 18.2 Å². The summed E-state index contributed by atoms with van der Waals surface area (Å²) in [6.45, 7) is 0.643. The third kappa shape index (κ3) is 2.16. The van der Waals surface area contributed by atoms with Gasteiger partial charge in [0, 0.05) is 5.54 Å². The van der Waals surface area contributed by atoms with Crippen molar-refractivity contribution in [2.75, 3.05) is 6.61 Å². The summed E-state index contributed by atoms with van der Waals surface area (Å²) in [4.78, 5) is 0. The predicted molar refractivity (Wildman–Crippen MR) is 64.3 cm³/mol. The van der Waals surface area contributed by atoms with Gasteiger partial charge in [-0.25, -0.2) is 4.39 Å². The highest BCUT2D eigenvalue weighted by atomic mass is 19.1. The Labute approximate surface area is 101 Å². The summed E-state index contributed by atoms with van der Waals surface area (Å²) in [7, 11) is 0. The Hall–Kier alpha value is -1.09. The van der Waals surface area contributed by atoms with Gasteiger partial charge < -0.3 is 10.5 Å². The van der Waals surface area contributed by atoms with Crippen LogP contribution in [0.5, 0.6) is 5.75 Å². The lowest BCUT2D eigenvalue weighted by Crippen LogP contribution is -2.20. The van der Waals surface area contributed by atoms with Gasteiger partial charge in [0.2, 0.25) is 0 Å². The minimum Gasteiger partial charge on any atom is -0.490 e. The lowest BCUT2D eigenvalue weighted by atomic mass is 9.86. The van der Waals surface area contributed by atoms with Crippen molar-refractivity contribution in [2.45, 2.75) is 37.6 Å². The van der Waals surface area contributed by atoms with Crippen LogP contribution in [0.3, 0.4) is 0 Å². The Morgan fingerprint density at radius 3 is 2.65 bits per heavy atom. The fraction of sp³-hybridized carbons (Fsp3) is 0.571. The molecule has 17 heavy (non-hydrogen) atoms. The maximum atomic E-state index is 13.8. The number of hydrogen-bond donors (Lipinski definition) is 1. The Kier molecular flexibility index (Phi) is 2.58. The molecule has 0 unspecified atom stereocenters. The van der Waals surface area contributed by atoms with Crippen molar-refractivity contribution in [3.8, 4) is 5.75 Å². The molecule has 0 aromatic heterocycles. The molecule has 0 spiro atoms. The van der Waals surface area contributed by atoms with E-state index >= 15 is 0 Å². The highest BCUT2D eigenvalue weighted by Crippen LogP contribution is 2.43. The van der Waals surface area contributed by atoms with E-state index in [9.17, 15) is 4.39 Å². The number of benzene rings is 1. The molecule has 2 nitrogen and oxygen atoms in total.